The molecule has 1 aromatic rings. The summed E-state index contributed by atoms with van der Waals surface area (Å²) < 4.78 is 0. The van der Waals surface area contributed by atoms with Crippen LogP contribution in [0.1, 0.15) is 18.9 Å². The Balaban J connectivity index is 2.14. The minimum absolute atomic E-state index is 0.121. The lowest BCUT2D eigenvalue weighted by molar-refractivity contribution is -0.113. The predicted molar refractivity (Wildman–Crippen MR) is 64.9 cm³/mol. The van der Waals surface area contributed by atoms with Crippen molar-refractivity contribution in [2.45, 2.75) is 13.3 Å². The Morgan fingerprint density at radius 2 is 2.12 bits per heavy atom. The molecule has 0 atom stereocenters. The number of fused-ring (bicyclic) bond motifs is 3. The lowest BCUT2D eigenvalue weighted by Crippen LogP contribution is -2.05. The van der Waals surface area contributed by atoms with E-state index in [1.807, 2.05) is 30.4 Å². The van der Waals surface area contributed by atoms with E-state index in [0.29, 0.717) is 0 Å². The van der Waals surface area contributed by atoms with E-state index >= 15 is 0 Å². The number of hydrogen-bond acceptors (Lipinski definition) is 2. The first kappa shape index (κ1) is 9.28. The number of benzene rings is 1. The predicted octanol–water partition coefficient (Wildman–Crippen LogP) is 3.08. The number of carbonyl (C=O) groups excluding carboxylic acids is 1. The van der Waals surface area contributed by atoms with Gasteiger partial charge in [-0.15, -0.1) is 0 Å². The van der Waals surface area contributed by atoms with Gasteiger partial charge in [-0.05, 0) is 19.1 Å². The summed E-state index contributed by atoms with van der Waals surface area (Å²) in [5.41, 5.74) is 5.14. The van der Waals surface area contributed by atoms with E-state index in [-0.39, 0.29) is 5.78 Å². The molecule has 2 heteroatoms. The molecule has 0 spiro atoms. The monoisotopic (exact) mass is 209 g/mol. The van der Waals surface area contributed by atoms with Crippen LogP contribution in [0, 0.1) is 0 Å². The summed E-state index contributed by atoms with van der Waals surface area (Å²) in [4.78, 5) is 15.9. The molecular weight excluding hydrogens is 198 g/mol. The molecule has 1 heterocycles. The van der Waals surface area contributed by atoms with Gasteiger partial charge in [-0.2, -0.15) is 0 Å². The lowest BCUT2D eigenvalue weighted by atomic mass is 9.92. The first-order valence-electron chi connectivity index (χ1n) is 5.36. The summed E-state index contributed by atoms with van der Waals surface area (Å²) in [6.45, 7) is 1.60. The minimum atomic E-state index is 0.121. The van der Waals surface area contributed by atoms with E-state index in [2.05, 4.69) is 11.1 Å². The van der Waals surface area contributed by atoms with Crippen molar-refractivity contribution in [3.63, 3.8) is 0 Å². The number of allylic oxidation sites excluding steroid dienone is 4. The van der Waals surface area contributed by atoms with E-state index < -0.39 is 0 Å². The number of para-hydroxylation sites is 1. The molecule has 0 bridgehead atoms. The van der Waals surface area contributed by atoms with Gasteiger partial charge < -0.3 is 0 Å². The van der Waals surface area contributed by atoms with Crippen LogP contribution in [-0.2, 0) is 4.79 Å². The molecule has 78 valence electrons. The maximum atomic E-state index is 11.3. The standard InChI is InChI=1S/C14H11NO/c1-9(16)10-6-7-14-12(8-10)11-4-2-3-5-13(11)15-14/h2-6,8H,7H2,1H3. The van der Waals surface area contributed by atoms with Crippen LogP contribution in [0.15, 0.2) is 47.0 Å². The minimum Gasteiger partial charge on any atom is -0.295 e. The van der Waals surface area contributed by atoms with E-state index in [4.69, 9.17) is 0 Å². The van der Waals surface area contributed by atoms with Crippen molar-refractivity contribution < 1.29 is 4.79 Å². The van der Waals surface area contributed by atoms with Crippen LogP contribution < -0.4 is 0 Å². The molecule has 0 amide bonds. The average Bonchev–Trinajstić information content (AvgIpc) is 2.66. The molecule has 3 rings (SSSR count). The van der Waals surface area contributed by atoms with Gasteiger partial charge in [-0.25, -0.2) is 0 Å². The molecule has 0 radical (unpaired) electrons. The number of Topliss-reactive ketones (excluding diaryl/α,β-unsaturated/α-hetero) is 1. The van der Waals surface area contributed by atoms with Gasteiger partial charge >= 0.3 is 0 Å². The number of aliphatic imine (C=N–C) groups is 1. The second kappa shape index (κ2) is 3.27. The number of hydrogen-bond donors (Lipinski definition) is 0. The van der Waals surface area contributed by atoms with E-state index in [9.17, 15) is 4.79 Å². The Morgan fingerprint density at radius 1 is 1.31 bits per heavy atom. The van der Waals surface area contributed by atoms with Crippen LogP contribution in [0.5, 0.6) is 0 Å². The number of ketones is 1. The van der Waals surface area contributed by atoms with E-state index in [0.717, 1.165) is 34.5 Å². The van der Waals surface area contributed by atoms with Gasteiger partial charge in [0.05, 0.1) is 11.4 Å². The third kappa shape index (κ3) is 1.27. The average molecular weight is 209 g/mol. The zero-order chi connectivity index (χ0) is 11.1. The highest BCUT2D eigenvalue weighted by molar-refractivity contribution is 6.31. The maximum absolute atomic E-state index is 11.3. The van der Waals surface area contributed by atoms with Crippen molar-refractivity contribution in [2.24, 2.45) is 4.99 Å². The topological polar surface area (TPSA) is 29.4 Å². The number of rotatable bonds is 1. The van der Waals surface area contributed by atoms with Crippen LogP contribution in [0.4, 0.5) is 5.69 Å². The van der Waals surface area contributed by atoms with Crippen LogP contribution in [0.2, 0.25) is 0 Å². The molecule has 0 N–H and O–H groups in total. The third-order valence-electron chi connectivity index (χ3n) is 2.98. The lowest BCUT2D eigenvalue weighted by Gasteiger charge is -2.09. The van der Waals surface area contributed by atoms with Gasteiger partial charge in [0.2, 0.25) is 0 Å². The van der Waals surface area contributed by atoms with Crippen molar-refractivity contribution in [1.82, 2.24) is 0 Å². The molecule has 0 unspecified atom stereocenters. The third-order valence-corrected chi connectivity index (χ3v) is 2.98. The molecule has 0 aromatic heterocycles. The molecular formula is C14H11NO. The molecule has 0 saturated heterocycles. The molecule has 0 saturated carbocycles. The van der Waals surface area contributed by atoms with Crippen LogP contribution in [-0.4, -0.2) is 11.5 Å². The summed E-state index contributed by atoms with van der Waals surface area (Å²) in [7, 11) is 0. The SMILES string of the molecule is CC(=O)C1=CCC2=Nc3ccccc3C2=C1. The quantitative estimate of drug-likeness (QED) is 0.698. The van der Waals surface area contributed by atoms with Gasteiger partial charge in [-0.3, -0.25) is 9.79 Å². The van der Waals surface area contributed by atoms with Crippen molar-refractivity contribution in [3.8, 4) is 0 Å². The number of nitrogens with zero attached hydrogens (tertiary/aromatic N) is 1. The Bertz CT molecular complexity index is 576. The van der Waals surface area contributed by atoms with Gasteiger partial charge in [0.1, 0.15) is 0 Å². The summed E-state index contributed by atoms with van der Waals surface area (Å²) >= 11 is 0. The maximum Gasteiger partial charge on any atom is 0.159 e. The highest BCUT2D eigenvalue weighted by Gasteiger charge is 2.23. The van der Waals surface area contributed by atoms with Crippen molar-refractivity contribution in [1.29, 1.82) is 0 Å². The van der Waals surface area contributed by atoms with E-state index in [1.54, 1.807) is 6.92 Å². The van der Waals surface area contributed by atoms with Gasteiger partial charge in [0.15, 0.2) is 5.78 Å². The number of carbonyl (C=O) groups is 1. The van der Waals surface area contributed by atoms with Gasteiger partial charge in [0, 0.05) is 23.1 Å². The Morgan fingerprint density at radius 3 is 2.94 bits per heavy atom. The fourth-order valence-electron chi connectivity index (χ4n) is 2.14. The fraction of sp³-hybridized carbons (Fsp3) is 0.143. The Kier molecular flexibility index (Phi) is 1.90. The molecule has 0 fully saturated rings. The summed E-state index contributed by atoms with van der Waals surface area (Å²) in [5.74, 6) is 0.121. The molecule has 1 aromatic carbocycles. The Hall–Kier alpha value is -1.96. The van der Waals surface area contributed by atoms with Crippen molar-refractivity contribution in [2.75, 3.05) is 0 Å². The zero-order valence-corrected chi connectivity index (χ0v) is 9.03. The highest BCUT2D eigenvalue weighted by atomic mass is 16.1. The van der Waals surface area contributed by atoms with Gasteiger partial charge in [0.25, 0.3) is 0 Å². The Labute approximate surface area is 94.0 Å². The first-order valence-corrected chi connectivity index (χ1v) is 5.36. The highest BCUT2D eigenvalue weighted by Crippen LogP contribution is 2.38. The summed E-state index contributed by atoms with van der Waals surface area (Å²) in [5, 5.41) is 0. The molecule has 2 nitrogen and oxygen atoms in total. The molecule has 2 aliphatic rings. The van der Waals surface area contributed by atoms with E-state index in [1.165, 1.54) is 0 Å². The van der Waals surface area contributed by atoms with Crippen LogP contribution in [0.25, 0.3) is 5.57 Å². The summed E-state index contributed by atoms with van der Waals surface area (Å²) in [6.07, 6.45) is 4.67. The second-order valence-corrected chi connectivity index (χ2v) is 4.05. The smallest absolute Gasteiger partial charge is 0.159 e. The zero-order valence-electron chi connectivity index (χ0n) is 9.03. The second-order valence-electron chi connectivity index (χ2n) is 4.05. The molecule has 1 aliphatic heterocycles. The molecule has 16 heavy (non-hydrogen) atoms. The summed E-state index contributed by atoms with van der Waals surface area (Å²) in [6, 6.07) is 8.06. The van der Waals surface area contributed by atoms with Crippen LogP contribution >= 0.6 is 0 Å². The van der Waals surface area contributed by atoms with Gasteiger partial charge in [-0.1, -0.05) is 24.3 Å². The van der Waals surface area contributed by atoms with Crippen molar-refractivity contribution in [3.05, 3.63) is 47.6 Å². The fourth-order valence-corrected chi connectivity index (χ4v) is 2.14. The van der Waals surface area contributed by atoms with Crippen molar-refractivity contribution >= 4 is 22.8 Å². The first-order chi connectivity index (χ1) is 7.75. The van der Waals surface area contributed by atoms with Crippen LogP contribution in [0.3, 0.4) is 0 Å². The largest absolute Gasteiger partial charge is 0.295 e. The molecule has 1 aliphatic carbocycles. The normalized spacial score (nSPS) is 16.9.